The number of amides is 1. The number of anilines is 1. The zero-order chi connectivity index (χ0) is 28.8. The molecule has 204 valence electrons. The van der Waals surface area contributed by atoms with Crippen molar-refractivity contribution >= 4 is 62.6 Å². The van der Waals surface area contributed by atoms with Gasteiger partial charge in [0.25, 0.3) is 5.91 Å². The maximum atomic E-state index is 13.0. The first-order chi connectivity index (χ1) is 19.3. The molecule has 4 rings (SSSR count). The van der Waals surface area contributed by atoms with Gasteiger partial charge in [-0.15, -0.1) is 0 Å². The molecule has 0 aromatic heterocycles. The summed E-state index contributed by atoms with van der Waals surface area (Å²) in [6, 6.07) is 20.9. The lowest BCUT2D eigenvalue weighted by Crippen LogP contribution is -2.14. The average Bonchev–Trinajstić information content (AvgIpc) is 2.96. The molecule has 1 N–H and O–H groups in total. The molecule has 0 saturated heterocycles. The van der Waals surface area contributed by atoms with Gasteiger partial charge in [-0.25, -0.2) is 0 Å². The molecule has 7 nitrogen and oxygen atoms in total. The second kappa shape index (κ2) is 12.9. The van der Waals surface area contributed by atoms with Crippen LogP contribution in [0.2, 0.25) is 5.02 Å². The summed E-state index contributed by atoms with van der Waals surface area (Å²) >= 11 is 8.32. The van der Waals surface area contributed by atoms with Gasteiger partial charge in [0.15, 0.2) is 11.5 Å². The van der Waals surface area contributed by atoms with Gasteiger partial charge in [-0.1, -0.05) is 48.0 Å². The fraction of sp³-hybridized carbons (Fsp3) is 0.161. The summed E-state index contributed by atoms with van der Waals surface area (Å²) in [7, 11) is 4.47. The van der Waals surface area contributed by atoms with Crippen LogP contribution < -0.4 is 24.3 Å². The molecule has 0 atom stereocenters. The van der Waals surface area contributed by atoms with E-state index in [9.17, 15) is 10.1 Å². The van der Waals surface area contributed by atoms with Crippen molar-refractivity contribution in [1.29, 1.82) is 5.26 Å². The van der Waals surface area contributed by atoms with E-state index in [1.165, 1.54) is 32.4 Å². The van der Waals surface area contributed by atoms with Crippen molar-refractivity contribution in [1.82, 2.24) is 0 Å². The van der Waals surface area contributed by atoms with Crippen molar-refractivity contribution in [2.75, 3.05) is 26.6 Å². The van der Waals surface area contributed by atoms with Gasteiger partial charge in [-0.05, 0) is 69.6 Å². The molecule has 0 saturated carbocycles. The fourth-order valence-corrected chi connectivity index (χ4v) is 5.22. The SMILES string of the molecule is COc1cc(NC(=O)/C(C#N)=C/c2cc(I)c(OCc3c(C)ccc4ccccc34)c(OC)c2)c(OC)cc1Cl. The number of hydrogen-bond acceptors (Lipinski definition) is 6. The number of methoxy groups -OCH3 is 3. The van der Waals surface area contributed by atoms with E-state index >= 15 is 0 Å². The molecule has 9 heteroatoms. The first-order valence-corrected chi connectivity index (χ1v) is 13.6. The predicted octanol–water partition coefficient (Wildman–Crippen LogP) is 7.56. The predicted molar refractivity (Wildman–Crippen MR) is 166 cm³/mol. The van der Waals surface area contributed by atoms with Gasteiger partial charge in [0.05, 0.1) is 35.6 Å². The molecule has 0 bridgehead atoms. The number of halogens is 2. The van der Waals surface area contributed by atoms with Crippen molar-refractivity contribution in [3.63, 3.8) is 0 Å². The molecule has 0 heterocycles. The van der Waals surface area contributed by atoms with E-state index in [0.717, 1.165) is 25.5 Å². The summed E-state index contributed by atoms with van der Waals surface area (Å²) in [5, 5.41) is 15.1. The van der Waals surface area contributed by atoms with Gasteiger partial charge >= 0.3 is 0 Å². The molecule has 40 heavy (non-hydrogen) atoms. The van der Waals surface area contributed by atoms with Crippen LogP contribution in [0.1, 0.15) is 16.7 Å². The minimum atomic E-state index is -0.620. The minimum absolute atomic E-state index is 0.117. The summed E-state index contributed by atoms with van der Waals surface area (Å²) in [6.45, 7) is 2.42. The Labute approximate surface area is 251 Å². The van der Waals surface area contributed by atoms with Crippen molar-refractivity contribution in [2.45, 2.75) is 13.5 Å². The van der Waals surface area contributed by atoms with Crippen molar-refractivity contribution in [2.24, 2.45) is 0 Å². The number of ether oxygens (including phenoxy) is 4. The van der Waals surface area contributed by atoms with Crippen molar-refractivity contribution < 1.29 is 23.7 Å². The van der Waals surface area contributed by atoms with Gasteiger partial charge in [-0.2, -0.15) is 5.26 Å². The summed E-state index contributed by atoms with van der Waals surface area (Å²) in [6.07, 6.45) is 1.48. The van der Waals surface area contributed by atoms with Gasteiger partial charge in [-0.3, -0.25) is 4.79 Å². The van der Waals surface area contributed by atoms with Crippen LogP contribution in [-0.2, 0) is 11.4 Å². The number of aryl methyl sites for hydroxylation is 1. The molecular weight excluding hydrogens is 643 g/mol. The quantitative estimate of drug-likeness (QED) is 0.113. The number of benzene rings is 4. The smallest absolute Gasteiger partial charge is 0.266 e. The number of carbonyl (C=O) groups excluding carboxylic acids is 1. The average molecular weight is 669 g/mol. The van der Waals surface area contributed by atoms with Crippen molar-refractivity contribution in [3.05, 3.63) is 91.5 Å². The molecule has 0 aliphatic carbocycles. The van der Waals surface area contributed by atoms with Crippen LogP contribution in [0.4, 0.5) is 5.69 Å². The Morgan fingerprint density at radius 3 is 2.42 bits per heavy atom. The van der Waals surface area contributed by atoms with E-state index in [1.54, 1.807) is 13.2 Å². The van der Waals surface area contributed by atoms with E-state index in [1.807, 2.05) is 24.3 Å². The fourth-order valence-electron chi connectivity index (χ4n) is 4.21. The third kappa shape index (κ3) is 6.27. The maximum Gasteiger partial charge on any atom is 0.266 e. The lowest BCUT2D eigenvalue weighted by atomic mass is 10.0. The Morgan fingerprint density at radius 2 is 1.73 bits per heavy atom. The minimum Gasteiger partial charge on any atom is -0.495 e. The molecule has 0 fully saturated rings. The number of nitrogens with zero attached hydrogens (tertiary/aromatic N) is 1. The molecule has 0 unspecified atom stereocenters. The highest BCUT2D eigenvalue weighted by Crippen LogP contribution is 2.37. The second-order valence-corrected chi connectivity index (χ2v) is 10.3. The van der Waals surface area contributed by atoms with Gasteiger partial charge in [0, 0.05) is 17.7 Å². The zero-order valence-corrected chi connectivity index (χ0v) is 25.2. The van der Waals surface area contributed by atoms with Crippen LogP contribution in [0.25, 0.3) is 16.8 Å². The van der Waals surface area contributed by atoms with Crippen molar-refractivity contribution in [3.8, 4) is 29.1 Å². The lowest BCUT2D eigenvalue weighted by molar-refractivity contribution is -0.112. The highest BCUT2D eigenvalue weighted by molar-refractivity contribution is 14.1. The number of rotatable bonds is 9. The Balaban J connectivity index is 1.60. The molecule has 0 spiro atoms. The summed E-state index contributed by atoms with van der Waals surface area (Å²) in [4.78, 5) is 13.0. The highest BCUT2D eigenvalue weighted by Gasteiger charge is 2.18. The lowest BCUT2D eigenvalue weighted by Gasteiger charge is -2.16. The first kappa shape index (κ1) is 29.1. The van der Waals surface area contributed by atoms with E-state index in [-0.39, 0.29) is 5.57 Å². The third-order valence-electron chi connectivity index (χ3n) is 6.29. The topological polar surface area (TPSA) is 89.8 Å². The van der Waals surface area contributed by atoms with E-state index in [4.69, 9.17) is 30.5 Å². The van der Waals surface area contributed by atoms with Crippen LogP contribution in [0, 0.1) is 21.8 Å². The Hall–Kier alpha value is -3.94. The van der Waals surface area contributed by atoms with Crippen LogP contribution in [-0.4, -0.2) is 27.2 Å². The first-order valence-electron chi connectivity index (χ1n) is 12.1. The molecule has 4 aromatic rings. The largest absolute Gasteiger partial charge is 0.495 e. The molecule has 0 radical (unpaired) electrons. The van der Waals surface area contributed by atoms with Gasteiger partial charge in [0.1, 0.15) is 29.7 Å². The molecule has 4 aromatic carbocycles. The maximum absolute atomic E-state index is 13.0. The summed E-state index contributed by atoms with van der Waals surface area (Å²) in [5.41, 5.74) is 3.02. The number of nitrogens with one attached hydrogen (secondary N) is 1. The van der Waals surface area contributed by atoms with Crippen LogP contribution in [0.15, 0.2) is 66.2 Å². The van der Waals surface area contributed by atoms with E-state index < -0.39 is 5.91 Å². The van der Waals surface area contributed by atoms with Gasteiger partial charge in [0.2, 0.25) is 0 Å². The monoisotopic (exact) mass is 668 g/mol. The Bertz CT molecular complexity index is 1660. The van der Waals surface area contributed by atoms with Crippen LogP contribution >= 0.6 is 34.2 Å². The number of fused-ring (bicyclic) bond motifs is 1. The number of carbonyl (C=O) groups is 1. The van der Waals surface area contributed by atoms with Crippen LogP contribution in [0.3, 0.4) is 0 Å². The van der Waals surface area contributed by atoms with E-state index in [0.29, 0.717) is 45.9 Å². The number of hydrogen-bond donors (Lipinski definition) is 1. The molecule has 0 aliphatic heterocycles. The van der Waals surface area contributed by atoms with Gasteiger partial charge < -0.3 is 24.3 Å². The number of nitriles is 1. The normalized spacial score (nSPS) is 11.1. The standard InChI is InChI=1S/C31H26ClIN2O5/c1-18-9-10-20-7-5-6-8-22(20)23(18)17-40-30-25(33)12-19(13-29(30)39-4)11-21(16-34)31(36)35-26-15-27(37-2)24(32)14-28(26)38-3/h5-15H,17H2,1-4H3,(H,35,36)/b21-11+. The molecule has 1 amide bonds. The van der Waals surface area contributed by atoms with E-state index in [2.05, 4.69) is 59.1 Å². The van der Waals surface area contributed by atoms with Crippen LogP contribution in [0.5, 0.6) is 23.0 Å². The molecule has 0 aliphatic rings. The molecular formula is C31H26ClIN2O5. The summed E-state index contributed by atoms with van der Waals surface area (Å²) in [5.74, 6) is 1.13. The second-order valence-electron chi connectivity index (χ2n) is 8.72. The Kier molecular flexibility index (Phi) is 9.40. The third-order valence-corrected chi connectivity index (χ3v) is 7.38. The summed E-state index contributed by atoms with van der Waals surface area (Å²) < 4.78 is 23.2. The Morgan fingerprint density at radius 1 is 1.00 bits per heavy atom. The zero-order valence-electron chi connectivity index (χ0n) is 22.3. The highest BCUT2D eigenvalue weighted by atomic mass is 127.